The Morgan fingerprint density at radius 2 is 2.29 bits per heavy atom. The van der Waals surface area contributed by atoms with Gasteiger partial charge in [0.1, 0.15) is 12.7 Å². The van der Waals surface area contributed by atoms with Crippen molar-refractivity contribution in [3.8, 4) is 0 Å². The number of carbonyl (C=O) groups excluding carboxylic acids is 1. The van der Waals surface area contributed by atoms with Crippen LogP contribution >= 0.6 is 0 Å². The van der Waals surface area contributed by atoms with Gasteiger partial charge in [-0.15, -0.1) is 0 Å². The Morgan fingerprint density at radius 3 is 2.79 bits per heavy atom. The minimum Gasteiger partial charge on any atom is -0.430 e. The van der Waals surface area contributed by atoms with Gasteiger partial charge in [-0.05, 0) is 32.5 Å². The van der Waals surface area contributed by atoms with Gasteiger partial charge in [0.25, 0.3) is 0 Å². The highest BCUT2D eigenvalue weighted by molar-refractivity contribution is 6.71. The normalized spacial score (nSPS) is 21.9. The van der Waals surface area contributed by atoms with Crippen LogP contribution in [0.5, 0.6) is 0 Å². The Balaban J connectivity index is 2.22. The van der Waals surface area contributed by atoms with Crippen molar-refractivity contribution < 1.29 is 18.7 Å². The van der Waals surface area contributed by atoms with Gasteiger partial charge in [0, 0.05) is 6.61 Å². The molecular weight excluding hydrogens is 200 g/mol. The summed E-state index contributed by atoms with van der Waals surface area (Å²) < 4.78 is 15.3. The molecule has 1 saturated heterocycles. The molecule has 4 nitrogen and oxygen atoms in total. The van der Waals surface area contributed by atoms with E-state index >= 15 is 0 Å². The average molecular weight is 218 g/mol. The molecule has 1 aliphatic rings. The van der Waals surface area contributed by atoms with Gasteiger partial charge in [-0.1, -0.05) is 0 Å². The Hall–Kier alpha value is -0.553. The second-order valence-electron chi connectivity index (χ2n) is 4.03. The lowest BCUT2D eigenvalue weighted by atomic mass is 10.3. The predicted octanol–water partition coefficient (Wildman–Crippen LogP) is 2.15. The predicted molar refractivity (Wildman–Crippen MR) is 54.8 cm³/mol. The molecule has 0 spiro atoms. The van der Waals surface area contributed by atoms with Gasteiger partial charge in [0.05, 0.1) is 0 Å². The zero-order valence-corrected chi connectivity index (χ0v) is 10.0. The van der Waals surface area contributed by atoms with Gasteiger partial charge < -0.3 is 13.9 Å². The first-order valence-electron chi connectivity index (χ1n) is 5.01. The molecule has 1 rings (SSSR count). The fraction of sp³-hybridized carbons (Fsp3) is 0.889. The first kappa shape index (κ1) is 11.5. The first-order valence-corrected chi connectivity index (χ1v) is 8.12. The zero-order valence-electron chi connectivity index (χ0n) is 9.04. The summed E-state index contributed by atoms with van der Waals surface area (Å²) in [6, 6.07) is 1.00. The molecular formula is C9H18O4Si. The molecule has 14 heavy (non-hydrogen) atoms. The van der Waals surface area contributed by atoms with Gasteiger partial charge in [-0.25, -0.2) is 4.79 Å². The van der Waals surface area contributed by atoms with Crippen LogP contribution in [0.4, 0.5) is 4.79 Å². The third-order valence-electron chi connectivity index (χ3n) is 2.25. The van der Waals surface area contributed by atoms with Crippen LogP contribution in [-0.4, -0.2) is 33.8 Å². The third-order valence-corrected chi connectivity index (χ3v) is 4.82. The smallest absolute Gasteiger partial charge is 0.430 e. The maximum absolute atomic E-state index is 10.6. The van der Waals surface area contributed by atoms with E-state index in [1.54, 1.807) is 0 Å². The van der Waals surface area contributed by atoms with Crippen molar-refractivity contribution in [2.24, 2.45) is 0 Å². The Bertz CT molecular complexity index is 205. The van der Waals surface area contributed by atoms with Crippen molar-refractivity contribution >= 4 is 14.5 Å². The highest BCUT2D eigenvalue weighted by Gasteiger charge is 2.29. The van der Waals surface area contributed by atoms with Gasteiger partial charge in [0.15, 0.2) is 8.32 Å². The van der Waals surface area contributed by atoms with Crippen LogP contribution in [0, 0.1) is 0 Å². The van der Waals surface area contributed by atoms with Crippen LogP contribution in [0.25, 0.3) is 0 Å². The van der Waals surface area contributed by atoms with Crippen molar-refractivity contribution in [1.82, 2.24) is 0 Å². The standard InChI is InChI=1S/C9H18O4Si/c1-4-12-14(2,3)6-5-8-7-11-9(10)13-8/h8H,4-7H2,1-3H3. The Morgan fingerprint density at radius 1 is 1.57 bits per heavy atom. The molecule has 5 heteroatoms. The molecule has 0 aromatic heterocycles. The molecule has 0 aliphatic carbocycles. The zero-order chi connectivity index (χ0) is 10.6. The van der Waals surface area contributed by atoms with Crippen LogP contribution in [0.1, 0.15) is 13.3 Å². The SMILES string of the molecule is CCO[Si](C)(C)CCC1COC(=O)O1. The molecule has 1 aliphatic heterocycles. The number of carbonyl (C=O) groups is 1. The molecule has 0 amide bonds. The lowest BCUT2D eigenvalue weighted by molar-refractivity contribution is 0.117. The van der Waals surface area contributed by atoms with Crippen molar-refractivity contribution in [1.29, 1.82) is 0 Å². The summed E-state index contributed by atoms with van der Waals surface area (Å²) in [5, 5.41) is 0. The summed E-state index contributed by atoms with van der Waals surface area (Å²) in [5.41, 5.74) is 0. The summed E-state index contributed by atoms with van der Waals surface area (Å²) in [4.78, 5) is 10.6. The number of hydrogen-bond donors (Lipinski definition) is 0. The molecule has 1 atom stereocenters. The minimum atomic E-state index is -1.54. The first-order chi connectivity index (χ1) is 6.53. The number of ether oxygens (including phenoxy) is 2. The van der Waals surface area contributed by atoms with E-state index in [-0.39, 0.29) is 6.10 Å². The van der Waals surface area contributed by atoms with Crippen LogP contribution in [0.15, 0.2) is 0 Å². The Labute approximate surface area is 85.7 Å². The number of cyclic esters (lactones) is 2. The van der Waals surface area contributed by atoms with Crippen LogP contribution in [0.3, 0.4) is 0 Å². The fourth-order valence-electron chi connectivity index (χ4n) is 1.48. The topological polar surface area (TPSA) is 44.8 Å². The van der Waals surface area contributed by atoms with Crippen LogP contribution in [0.2, 0.25) is 19.1 Å². The second-order valence-corrected chi connectivity index (χ2v) is 8.34. The van der Waals surface area contributed by atoms with E-state index in [4.69, 9.17) is 13.9 Å². The van der Waals surface area contributed by atoms with E-state index < -0.39 is 14.5 Å². The van der Waals surface area contributed by atoms with E-state index in [1.807, 2.05) is 6.92 Å². The second kappa shape index (κ2) is 4.79. The van der Waals surface area contributed by atoms with Crippen LogP contribution < -0.4 is 0 Å². The fourth-order valence-corrected chi connectivity index (χ4v) is 3.42. The van der Waals surface area contributed by atoms with Gasteiger partial charge in [-0.2, -0.15) is 0 Å². The third kappa shape index (κ3) is 3.67. The highest BCUT2D eigenvalue weighted by Crippen LogP contribution is 2.19. The van der Waals surface area contributed by atoms with Crippen molar-refractivity contribution in [3.05, 3.63) is 0 Å². The lowest BCUT2D eigenvalue weighted by Gasteiger charge is -2.22. The van der Waals surface area contributed by atoms with Gasteiger partial charge >= 0.3 is 6.16 Å². The molecule has 0 radical (unpaired) electrons. The largest absolute Gasteiger partial charge is 0.508 e. The molecule has 1 fully saturated rings. The molecule has 0 aromatic rings. The highest BCUT2D eigenvalue weighted by atomic mass is 28.4. The maximum Gasteiger partial charge on any atom is 0.508 e. The average Bonchev–Trinajstić information content (AvgIpc) is 2.48. The van der Waals surface area contributed by atoms with E-state index in [1.165, 1.54) is 0 Å². The molecule has 0 N–H and O–H groups in total. The summed E-state index contributed by atoms with van der Waals surface area (Å²) in [6.45, 7) is 7.52. The quantitative estimate of drug-likeness (QED) is 0.524. The molecule has 1 heterocycles. The molecule has 0 saturated carbocycles. The molecule has 1 unspecified atom stereocenters. The van der Waals surface area contributed by atoms with Crippen molar-refractivity contribution in [2.45, 2.75) is 38.6 Å². The monoisotopic (exact) mass is 218 g/mol. The van der Waals surface area contributed by atoms with E-state index in [0.29, 0.717) is 6.61 Å². The number of rotatable bonds is 5. The van der Waals surface area contributed by atoms with Gasteiger partial charge in [0.2, 0.25) is 0 Å². The van der Waals surface area contributed by atoms with Crippen molar-refractivity contribution in [2.75, 3.05) is 13.2 Å². The van der Waals surface area contributed by atoms with Gasteiger partial charge in [-0.3, -0.25) is 0 Å². The molecule has 0 bridgehead atoms. The Kier molecular flexibility index (Phi) is 3.94. The maximum atomic E-state index is 10.6. The summed E-state index contributed by atoms with van der Waals surface area (Å²) in [7, 11) is -1.54. The number of hydrogen-bond acceptors (Lipinski definition) is 4. The summed E-state index contributed by atoms with van der Waals surface area (Å²) >= 11 is 0. The van der Waals surface area contributed by atoms with Crippen LogP contribution in [-0.2, 0) is 13.9 Å². The van der Waals surface area contributed by atoms with E-state index in [2.05, 4.69) is 13.1 Å². The lowest BCUT2D eigenvalue weighted by Crippen LogP contribution is -2.31. The van der Waals surface area contributed by atoms with E-state index in [0.717, 1.165) is 19.1 Å². The van der Waals surface area contributed by atoms with Crippen molar-refractivity contribution in [3.63, 3.8) is 0 Å². The summed E-state index contributed by atoms with van der Waals surface area (Å²) in [5.74, 6) is 0. The summed E-state index contributed by atoms with van der Waals surface area (Å²) in [6.07, 6.45) is 0.255. The minimum absolute atomic E-state index is 0.0604. The molecule has 82 valence electrons. The molecule has 0 aromatic carbocycles. The van der Waals surface area contributed by atoms with E-state index in [9.17, 15) is 4.79 Å².